The third-order valence-corrected chi connectivity index (χ3v) is 2.12. The molecule has 0 spiro atoms. The fraction of sp³-hybridized carbons (Fsp3) is 0.750. The van der Waals surface area contributed by atoms with E-state index in [9.17, 15) is 19.5 Å². The molecule has 0 bridgehead atoms. The highest BCUT2D eigenvalue weighted by Crippen LogP contribution is 2.08. The van der Waals surface area contributed by atoms with Crippen molar-refractivity contribution < 1.29 is 24.2 Å². The van der Waals surface area contributed by atoms with E-state index >= 15 is 0 Å². The van der Waals surface area contributed by atoms with E-state index in [0.717, 1.165) is 0 Å². The van der Waals surface area contributed by atoms with Gasteiger partial charge in [-0.15, -0.1) is 0 Å². The molecule has 7 nitrogen and oxygen atoms in total. The van der Waals surface area contributed by atoms with Gasteiger partial charge < -0.3 is 25.3 Å². The first-order valence-electron chi connectivity index (χ1n) is 6.13. The first-order valence-corrected chi connectivity index (χ1v) is 6.13. The van der Waals surface area contributed by atoms with Crippen molar-refractivity contribution in [1.29, 1.82) is 0 Å². The van der Waals surface area contributed by atoms with Gasteiger partial charge in [0, 0.05) is 6.54 Å². The van der Waals surface area contributed by atoms with Gasteiger partial charge >= 0.3 is 6.09 Å². The summed E-state index contributed by atoms with van der Waals surface area (Å²) in [7, 11) is 0. The van der Waals surface area contributed by atoms with Gasteiger partial charge in [-0.25, -0.2) is 4.79 Å². The van der Waals surface area contributed by atoms with Gasteiger partial charge in [0.25, 0.3) is 0 Å². The van der Waals surface area contributed by atoms with E-state index in [1.54, 1.807) is 20.8 Å². The molecule has 0 aliphatic heterocycles. The maximum absolute atomic E-state index is 11.4. The Bertz CT molecular complexity index is 312. The Kier molecular flexibility index (Phi) is 7.55. The lowest BCUT2D eigenvalue weighted by molar-refractivity contribution is -0.308. The predicted octanol–water partition coefficient (Wildman–Crippen LogP) is -0.454. The number of carboxylic acid groups (broad SMARTS) is 1. The number of amides is 2. The number of alkyl carbamates (subject to hydrolysis) is 1. The predicted molar refractivity (Wildman–Crippen MR) is 66.1 cm³/mol. The Morgan fingerprint density at radius 2 is 1.95 bits per heavy atom. The molecule has 0 unspecified atom stereocenters. The fourth-order valence-corrected chi connectivity index (χ4v) is 1.33. The zero-order valence-corrected chi connectivity index (χ0v) is 11.5. The second-order valence-electron chi connectivity index (χ2n) is 5.09. The third-order valence-electron chi connectivity index (χ3n) is 2.12. The van der Waals surface area contributed by atoms with Crippen molar-refractivity contribution in [2.45, 2.75) is 51.7 Å². The topological polar surface area (TPSA) is 108 Å². The summed E-state index contributed by atoms with van der Waals surface area (Å²) in [6.45, 7) is 5.53. The molecule has 2 N–H and O–H groups in total. The molecule has 7 heteroatoms. The molecule has 110 valence electrons. The molecule has 0 aromatic carbocycles. The van der Waals surface area contributed by atoms with E-state index in [1.165, 1.54) is 0 Å². The molecule has 2 amide bonds. The summed E-state index contributed by atoms with van der Waals surface area (Å²) < 4.78 is 4.96. The van der Waals surface area contributed by atoms with Gasteiger partial charge in [-0.2, -0.15) is 0 Å². The second-order valence-corrected chi connectivity index (χ2v) is 5.09. The molecular formula is C12H21N2O5-. The monoisotopic (exact) mass is 273 g/mol. The summed E-state index contributed by atoms with van der Waals surface area (Å²) in [5, 5.41) is 15.6. The number of carboxylic acids is 1. The lowest BCUT2D eigenvalue weighted by Crippen LogP contribution is -2.49. The first-order chi connectivity index (χ1) is 8.76. The average molecular weight is 273 g/mol. The van der Waals surface area contributed by atoms with Crippen molar-refractivity contribution in [3.8, 4) is 0 Å². The summed E-state index contributed by atoms with van der Waals surface area (Å²) in [4.78, 5) is 32.3. The number of unbranched alkanes of at least 4 members (excludes halogenated alkanes) is 1. The largest absolute Gasteiger partial charge is 0.548 e. The Hall–Kier alpha value is -1.79. The van der Waals surface area contributed by atoms with E-state index in [0.29, 0.717) is 25.8 Å². The molecule has 0 aromatic heterocycles. The molecule has 0 aliphatic carbocycles. The molecule has 0 saturated carbocycles. The van der Waals surface area contributed by atoms with Crippen LogP contribution in [0.2, 0.25) is 0 Å². The van der Waals surface area contributed by atoms with Gasteiger partial charge in [0.15, 0.2) is 0 Å². The standard InChI is InChI=1S/C12H22N2O5/c1-12(2,3)19-11(18)14-9(10(16)17)6-4-5-7-13-8-15/h8-9H,4-7H2,1-3H3,(H,13,15)(H,14,18)(H,16,17)/p-1/t9-/m1/s1. The number of rotatable bonds is 8. The lowest BCUT2D eigenvalue weighted by atomic mass is 10.1. The summed E-state index contributed by atoms with van der Waals surface area (Å²) >= 11 is 0. The fourth-order valence-electron chi connectivity index (χ4n) is 1.33. The van der Waals surface area contributed by atoms with Crippen molar-refractivity contribution in [1.82, 2.24) is 10.6 Å². The maximum Gasteiger partial charge on any atom is 0.408 e. The molecule has 0 aliphatic rings. The number of aliphatic carboxylic acids is 1. The minimum absolute atomic E-state index is 0.224. The zero-order chi connectivity index (χ0) is 14.9. The van der Waals surface area contributed by atoms with Gasteiger partial charge in [-0.3, -0.25) is 4.79 Å². The minimum Gasteiger partial charge on any atom is -0.548 e. The maximum atomic E-state index is 11.4. The quantitative estimate of drug-likeness (QED) is 0.460. The molecule has 0 aromatic rings. The van der Waals surface area contributed by atoms with Gasteiger partial charge in [-0.05, 0) is 40.0 Å². The second kappa shape index (κ2) is 8.34. The molecule has 0 rings (SSSR count). The normalized spacial score (nSPS) is 12.4. The van der Waals surface area contributed by atoms with Crippen LogP contribution >= 0.6 is 0 Å². The number of hydrogen-bond acceptors (Lipinski definition) is 5. The number of hydrogen-bond donors (Lipinski definition) is 2. The molecule has 0 radical (unpaired) electrons. The number of ether oxygens (including phenoxy) is 1. The van der Waals surface area contributed by atoms with Gasteiger partial charge in [0.1, 0.15) is 5.60 Å². The summed E-state index contributed by atoms with van der Waals surface area (Å²) in [5.74, 6) is -1.35. The highest BCUT2D eigenvalue weighted by atomic mass is 16.6. The van der Waals surface area contributed by atoms with Crippen LogP contribution in [0.4, 0.5) is 4.79 Å². The van der Waals surface area contributed by atoms with Crippen LogP contribution < -0.4 is 15.7 Å². The summed E-state index contributed by atoms with van der Waals surface area (Å²) in [5.41, 5.74) is -0.686. The molecule has 0 fully saturated rings. The van der Waals surface area contributed by atoms with E-state index < -0.39 is 23.7 Å². The number of nitrogens with one attached hydrogen (secondary N) is 2. The summed E-state index contributed by atoms with van der Waals surface area (Å²) in [6, 6.07) is -1.09. The Balaban J connectivity index is 4.08. The van der Waals surface area contributed by atoms with Crippen LogP contribution in [0.1, 0.15) is 40.0 Å². The van der Waals surface area contributed by atoms with Crippen LogP contribution in [0.5, 0.6) is 0 Å². The molecule has 0 heterocycles. The molecule has 0 saturated heterocycles. The molecular weight excluding hydrogens is 252 g/mol. The third kappa shape index (κ3) is 9.87. The molecule has 19 heavy (non-hydrogen) atoms. The highest BCUT2D eigenvalue weighted by Gasteiger charge is 2.19. The van der Waals surface area contributed by atoms with Gasteiger partial charge in [-0.1, -0.05) is 0 Å². The Morgan fingerprint density at radius 3 is 2.42 bits per heavy atom. The van der Waals surface area contributed by atoms with Gasteiger partial charge in [0.2, 0.25) is 6.41 Å². The van der Waals surface area contributed by atoms with Crippen molar-refractivity contribution in [2.75, 3.05) is 6.54 Å². The van der Waals surface area contributed by atoms with Crippen LogP contribution in [0, 0.1) is 0 Å². The van der Waals surface area contributed by atoms with Crippen LogP contribution in [0.25, 0.3) is 0 Å². The van der Waals surface area contributed by atoms with Crippen LogP contribution in [-0.2, 0) is 14.3 Å². The van der Waals surface area contributed by atoms with Crippen molar-refractivity contribution in [2.24, 2.45) is 0 Å². The van der Waals surface area contributed by atoms with Crippen molar-refractivity contribution in [3.63, 3.8) is 0 Å². The van der Waals surface area contributed by atoms with E-state index in [2.05, 4.69) is 10.6 Å². The number of carbonyl (C=O) groups is 3. The lowest BCUT2D eigenvalue weighted by Gasteiger charge is -2.24. The van der Waals surface area contributed by atoms with E-state index in [-0.39, 0.29) is 6.42 Å². The van der Waals surface area contributed by atoms with E-state index in [1.807, 2.05) is 0 Å². The van der Waals surface area contributed by atoms with Crippen LogP contribution in [-0.4, -0.2) is 36.7 Å². The first kappa shape index (κ1) is 17.2. The summed E-state index contributed by atoms with van der Waals surface area (Å²) in [6.07, 6.45) is 1.18. The Morgan fingerprint density at radius 1 is 1.32 bits per heavy atom. The smallest absolute Gasteiger partial charge is 0.408 e. The van der Waals surface area contributed by atoms with Crippen molar-refractivity contribution >= 4 is 18.5 Å². The zero-order valence-electron chi connectivity index (χ0n) is 11.5. The minimum atomic E-state index is -1.35. The van der Waals surface area contributed by atoms with Crippen LogP contribution in [0.15, 0.2) is 0 Å². The van der Waals surface area contributed by atoms with Crippen molar-refractivity contribution in [3.05, 3.63) is 0 Å². The van der Waals surface area contributed by atoms with Gasteiger partial charge in [0.05, 0.1) is 12.0 Å². The van der Waals surface area contributed by atoms with Crippen LogP contribution in [0.3, 0.4) is 0 Å². The molecule has 1 atom stereocenters. The number of carbonyl (C=O) groups excluding carboxylic acids is 3. The highest BCUT2D eigenvalue weighted by molar-refractivity contribution is 5.78. The van der Waals surface area contributed by atoms with E-state index in [4.69, 9.17) is 4.74 Å². The average Bonchev–Trinajstić information content (AvgIpc) is 2.24. The Labute approximate surface area is 112 Å². The SMILES string of the molecule is CC(C)(C)OC(=O)N[C@H](CCCCNC=O)C(=O)[O-].